The maximum absolute atomic E-state index is 12.9. The number of aryl methyl sites for hydroxylation is 1. The number of ether oxygens (including phenoxy) is 1. The zero-order valence-electron chi connectivity index (χ0n) is 16.9. The molecule has 0 unspecified atom stereocenters. The van der Waals surface area contributed by atoms with E-state index >= 15 is 0 Å². The third-order valence-corrected chi connectivity index (χ3v) is 6.24. The molecular weight excluding hydrogens is 352 g/mol. The fraction of sp³-hybridized carbons (Fsp3) is 0.591. The highest BCUT2D eigenvalue weighted by Crippen LogP contribution is 2.26. The highest BCUT2D eigenvalue weighted by Gasteiger charge is 2.31. The van der Waals surface area contributed by atoms with Crippen molar-refractivity contribution in [2.45, 2.75) is 32.6 Å². The van der Waals surface area contributed by atoms with E-state index in [4.69, 9.17) is 14.7 Å². The van der Waals surface area contributed by atoms with Crippen LogP contribution >= 0.6 is 0 Å². The Morgan fingerprint density at radius 2 is 1.79 bits per heavy atom. The van der Waals surface area contributed by atoms with Gasteiger partial charge in [-0.2, -0.15) is 0 Å². The second-order valence-electron chi connectivity index (χ2n) is 8.11. The number of nitrogens with zero attached hydrogens (tertiary/aromatic N) is 4. The van der Waals surface area contributed by atoms with E-state index in [1.165, 1.54) is 0 Å². The number of aromatic nitrogens is 2. The van der Waals surface area contributed by atoms with Crippen molar-refractivity contribution in [3.8, 4) is 0 Å². The molecule has 2 aromatic rings. The van der Waals surface area contributed by atoms with Crippen molar-refractivity contribution in [2.24, 2.45) is 11.8 Å². The van der Waals surface area contributed by atoms with Crippen LogP contribution in [0.1, 0.15) is 31.4 Å². The second kappa shape index (κ2) is 8.43. The number of likely N-dealkylation sites (tertiary alicyclic amines) is 1. The molecule has 0 aliphatic carbocycles. The van der Waals surface area contributed by atoms with Gasteiger partial charge in [-0.1, -0.05) is 18.2 Å². The first-order valence-corrected chi connectivity index (χ1v) is 10.4. The Kier molecular flexibility index (Phi) is 5.76. The van der Waals surface area contributed by atoms with Crippen LogP contribution < -0.4 is 4.90 Å². The quantitative estimate of drug-likeness (QED) is 0.813. The smallest absolute Gasteiger partial charge is 0.226 e. The number of benzene rings is 1. The summed E-state index contributed by atoms with van der Waals surface area (Å²) in [6.07, 6.45) is 3.88. The van der Waals surface area contributed by atoms with Crippen molar-refractivity contribution >= 4 is 22.8 Å². The lowest BCUT2D eigenvalue weighted by molar-refractivity contribution is -0.137. The minimum atomic E-state index is 0.136. The average Bonchev–Trinajstić information content (AvgIpc) is 2.74. The number of fused-ring (bicyclic) bond motifs is 1. The molecule has 6 heteroatoms. The summed E-state index contributed by atoms with van der Waals surface area (Å²) in [5.41, 5.74) is 2.00. The Balaban J connectivity index is 1.35. The highest BCUT2D eigenvalue weighted by atomic mass is 16.5. The molecule has 2 aliphatic rings. The number of carbonyl (C=O) groups excluding carboxylic acids is 1. The minimum absolute atomic E-state index is 0.136. The van der Waals surface area contributed by atoms with E-state index in [2.05, 4.69) is 15.9 Å². The molecule has 150 valence electrons. The van der Waals surface area contributed by atoms with Crippen LogP contribution in [0.5, 0.6) is 0 Å². The average molecular weight is 383 g/mol. The molecule has 0 N–H and O–H groups in total. The van der Waals surface area contributed by atoms with E-state index in [1.54, 1.807) is 7.11 Å². The lowest BCUT2D eigenvalue weighted by atomic mass is 9.92. The van der Waals surface area contributed by atoms with Gasteiger partial charge in [-0.3, -0.25) is 4.79 Å². The predicted octanol–water partition coefficient (Wildman–Crippen LogP) is 3.04. The van der Waals surface area contributed by atoms with Crippen molar-refractivity contribution < 1.29 is 9.53 Å². The lowest BCUT2D eigenvalue weighted by Crippen LogP contribution is -2.46. The topological polar surface area (TPSA) is 58.6 Å². The maximum atomic E-state index is 12.9. The summed E-state index contributed by atoms with van der Waals surface area (Å²) >= 11 is 0. The van der Waals surface area contributed by atoms with Gasteiger partial charge in [-0.15, -0.1) is 0 Å². The Morgan fingerprint density at radius 3 is 2.50 bits per heavy atom. The van der Waals surface area contributed by atoms with Crippen LogP contribution in [0.25, 0.3) is 10.9 Å². The molecule has 1 amide bonds. The SMILES string of the molecule is COCC1CCN(C(=O)C2CCN(c3nc(C)c4ccccc4n3)CC2)CC1. The predicted molar refractivity (Wildman–Crippen MR) is 110 cm³/mol. The number of methoxy groups -OCH3 is 1. The maximum Gasteiger partial charge on any atom is 0.226 e. The first kappa shape index (κ1) is 19.1. The molecule has 0 atom stereocenters. The molecule has 0 radical (unpaired) electrons. The van der Waals surface area contributed by atoms with Crippen LogP contribution in [0.4, 0.5) is 5.95 Å². The number of rotatable bonds is 4. The summed E-state index contributed by atoms with van der Waals surface area (Å²) in [4.78, 5) is 26.7. The van der Waals surface area contributed by atoms with Crippen molar-refractivity contribution in [2.75, 3.05) is 44.8 Å². The van der Waals surface area contributed by atoms with E-state index < -0.39 is 0 Å². The van der Waals surface area contributed by atoms with Gasteiger partial charge in [0.05, 0.1) is 11.2 Å². The molecule has 2 aliphatic heterocycles. The van der Waals surface area contributed by atoms with Crippen LogP contribution in [0.3, 0.4) is 0 Å². The van der Waals surface area contributed by atoms with Crippen LogP contribution in [0.15, 0.2) is 24.3 Å². The molecule has 6 nitrogen and oxygen atoms in total. The molecule has 2 saturated heterocycles. The van der Waals surface area contributed by atoms with Crippen molar-refractivity contribution in [1.29, 1.82) is 0 Å². The fourth-order valence-electron chi connectivity index (χ4n) is 4.50. The fourth-order valence-corrected chi connectivity index (χ4v) is 4.50. The van der Waals surface area contributed by atoms with Gasteiger partial charge in [0.1, 0.15) is 0 Å². The monoisotopic (exact) mass is 382 g/mol. The van der Waals surface area contributed by atoms with E-state index in [9.17, 15) is 4.79 Å². The molecule has 2 fully saturated rings. The van der Waals surface area contributed by atoms with Crippen molar-refractivity contribution in [1.82, 2.24) is 14.9 Å². The number of carbonyl (C=O) groups is 1. The number of anilines is 1. The van der Waals surface area contributed by atoms with Gasteiger partial charge in [-0.05, 0) is 44.6 Å². The third kappa shape index (κ3) is 3.97. The summed E-state index contributed by atoms with van der Waals surface area (Å²) in [5.74, 6) is 1.87. The standard InChI is InChI=1S/C22H30N4O2/c1-16-19-5-3-4-6-20(19)24-22(23-16)26-13-9-18(10-14-26)21(27)25-11-7-17(8-12-25)15-28-2/h3-6,17-18H,7-15H2,1-2H3. The van der Waals surface area contributed by atoms with Crippen LogP contribution in [0, 0.1) is 18.8 Å². The van der Waals surface area contributed by atoms with Crippen LogP contribution in [-0.4, -0.2) is 60.7 Å². The molecule has 1 aromatic heterocycles. The summed E-state index contributed by atoms with van der Waals surface area (Å²) in [7, 11) is 1.76. The van der Waals surface area contributed by atoms with Gasteiger partial charge in [0, 0.05) is 51.2 Å². The van der Waals surface area contributed by atoms with E-state index in [0.29, 0.717) is 11.8 Å². The highest BCUT2D eigenvalue weighted by molar-refractivity contribution is 5.82. The first-order chi connectivity index (χ1) is 13.7. The molecular formula is C22H30N4O2. The number of para-hydroxylation sites is 1. The zero-order valence-corrected chi connectivity index (χ0v) is 16.9. The largest absolute Gasteiger partial charge is 0.384 e. The molecule has 4 rings (SSSR count). The van der Waals surface area contributed by atoms with E-state index in [1.807, 2.05) is 25.1 Å². The number of hydrogen-bond donors (Lipinski definition) is 0. The summed E-state index contributed by atoms with van der Waals surface area (Å²) < 4.78 is 5.26. The third-order valence-electron chi connectivity index (χ3n) is 6.24. The molecule has 1 aromatic carbocycles. The van der Waals surface area contributed by atoms with Crippen molar-refractivity contribution in [3.63, 3.8) is 0 Å². The van der Waals surface area contributed by atoms with E-state index in [-0.39, 0.29) is 5.92 Å². The summed E-state index contributed by atoms with van der Waals surface area (Å²) in [5, 5.41) is 1.10. The zero-order chi connectivity index (χ0) is 19.5. The first-order valence-electron chi connectivity index (χ1n) is 10.4. The van der Waals surface area contributed by atoms with Gasteiger partial charge in [-0.25, -0.2) is 9.97 Å². The summed E-state index contributed by atoms with van der Waals surface area (Å²) in [6.45, 7) is 6.28. The Morgan fingerprint density at radius 1 is 1.07 bits per heavy atom. The molecule has 3 heterocycles. The Bertz CT molecular complexity index is 824. The molecule has 0 spiro atoms. The van der Waals surface area contributed by atoms with Gasteiger partial charge in [0.25, 0.3) is 0 Å². The van der Waals surface area contributed by atoms with Gasteiger partial charge in [0.2, 0.25) is 11.9 Å². The van der Waals surface area contributed by atoms with Crippen LogP contribution in [0.2, 0.25) is 0 Å². The minimum Gasteiger partial charge on any atom is -0.384 e. The Hall–Kier alpha value is -2.21. The number of piperidine rings is 2. The normalized spacial score (nSPS) is 19.4. The number of amides is 1. The van der Waals surface area contributed by atoms with Gasteiger partial charge >= 0.3 is 0 Å². The second-order valence-corrected chi connectivity index (χ2v) is 8.11. The van der Waals surface area contributed by atoms with Crippen molar-refractivity contribution in [3.05, 3.63) is 30.0 Å². The van der Waals surface area contributed by atoms with Gasteiger partial charge in [0.15, 0.2) is 0 Å². The summed E-state index contributed by atoms with van der Waals surface area (Å²) in [6, 6.07) is 8.14. The Labute approximate surface area is 166 Å². The number of hydrogen-bond acceptors (Lipinski definition) is 5. The molecule has 0 saturated carbocycles. The van der Waals surface area contributed by atoms with Gasteiger partial charge < -0.3 is 14.5 Å². The van der Waals surface area contributed by atoms with E-state index in [0.717, 1.165) is 81.0 Å². The molecule has 0 bridgehead atoms. The lowest BCUT2D eigenvalue weighted by Gasteiger charge is -2.37. The van der Waals surface area contributed by atoms with Crippen LogP contribution in [-0.2, 0) is 9.53 Å². The molecule has 28 heavy (non-hydrogen) atoms.